The van der Waals surface area contributed by atoms with Crippen LogP contribution in [0.1, 0.15) is 31.9 Å². The minimum absolute atomic E-state index is 0.398. The van der Waals surface area contributed by atoms with Gasteiger partial charge in [0.2, 0.25) is 0 Å². The highest BCUT2D eigenvalue weighted by Crippen LogP contribution is 2.23. The van der Waals surface area contributed by atoms with Gasteiger partial charge < -0.3 is 10.1 Å². The molecule has 2 aromatic rings. The second-order valence-corrected chi connectivity index (χ2v) is 6.21. The van der Waals surface area contributed by atoms with Crippen molar-refractivity contribution in [1.82, 2.24) is 5.32 Å². The molecule has 0 unspecified atom stereocenters. The van der Waals surface area contributed by atoms with Crippen molar-refractivity contribution in [2.24, 2.45) is 0 Å². The molecular weight excluding hydrogens is 288 g/mol. The Morgan fingerprint density at radius 3 is 2.39 bits per heavy atom. The van der Waals surface area contributed by atoms with E-state index in [4.69, 9.17) is 10.00 Å². The van der Waals surface area contributed by atoms with E-state index in [0.717, 1.165) is 16.7 Å². The zero-order valence-electron chi connectivity index (χ0n) is 13.6. The van der Waals surface area contributed by atoms with E-state index in [9.17, 15) is 4.79 Å². The highest BCUT2D eigenvalue weighted by Gasteiger charge is 2.15. The summed E-state index contributed by atoms with van der Waals surface area (Å²) in [6.07, 6.45) is -0.434. The fourth-order valence-electron chi connectivity index (χ4n) is 2.12. The quantitative estimate of drug-likeness (QED) is 0.922. The van der Waals surface area contributed by atoms with Crippen molar-refractivity contribution >= 4 is 6.09 Å². The van der Waals surface area contributed by atoms with Crippen molar-refractivity contribution in [3.05, 3.63) is 59.7 Å². The van der Waals surface area contributed by atoms with Crippen LogP contribution in [-0.4, -0.2) is 11.7 Å². The number of nitrogens with zero attached hydrogens (tertiary/aromatic N) is 1. The van der Waals surface area contributed by atoms with Crippen LogP contribution >= 0.6 is 0 Å². The zero-order valence-corrected chi connectivity index (χ0v) is 13.6. The molecule has 0 heterocycles. The molecule has 0 radical (unpaired) electrons. The lowest BCUT2D eigenvalue weighted by Crippen LogP contribution is -2.32. The van der Waals surface area contributed by atoms with Crippen LogP contribution in [0.4, 0.5) is 4.79 Å². The highest BCUT2D eigenvalue weighted by molar-refractivity contribution is 5.71. The number of nitriles is 1. The number of ether oxygens (including phenoxy) is 1. The number of carbonyl (C=O) groups excluding carboxylic acids is 1. The number of rotatable bonds is 3. The van der Waals surface area contributed by atoms with Crippen molar-refractivity contribution in [3.63, 3.8) is 0 Å². The van der Waals surface area contributed by atoms with Crippen LogP contribution in [0.5, 0.6) is 0 Å². The first-order valence-corrected chi connectivity index (χ1v) is 7.44. The van der Waals surface area contributed by atoms with E-state index in [0.29, 0.717) is 12.1 Å². The van der Waals surface area contributed by atoms with E-state index >= 15 is 0 Å². The van der Waals surface area contributed by atoms with E-state index in [1.807, 2.05) is 63.2 Å². The Morgan fingerprint density at radius 2 is 1.78 bits per heavy atom. The van der Waals surface area contributed by atoms with Crippen molar-refractivity contribution in [2.75, 3.05) is 0 Å². The second kappa shape index (κ2) is 6.97. The zero-order chi connectivity index (χ0) is 16.9. The van der Waals surface area contributed by atoms with Gasteiger partial charge in [-0.1, -0.05) is 42.5 Å². The molecule has 1 N–H and O–H groups in total. The van der Waals surface area contributed by atoms with Gasteiger partial charge >= 0.3 is 6.09 Å². The van der Waals surface area contributed by atoms with E-state index in [2.05, 4.69) is 11.4 Å². The Morgan fingerprint density at radius 1 is 1.13 bits per heavy atom. The van der Waals surface area contributed by atoms with Gasteiger partial charge in [-0.2, -0.15) is 5.26 Å². The molecule has 0 spiro atoms. The summed E-state index contributed by atoms with van der Waals surface area (Å²) < 4.78 is 5.20. The Kier molecular flexibility index (Phi) is 5.02. The first-order valence-electron chi connectivity index (χ1n) is 7.44. The largest absolute Gasteiger partial charge is 0.444 e. The SMILES string of the molecule is CC(C)(C)OC(=O)NCc1ccc(-c2ccccc2C#N)cc1. The molecule has 23 heavy (non-hydrogen) atoms. The maximum absolute atomic E-state index is 11.6. The molecule has 1 amide bonds. The van der Waals surface area contributed by atoms with Crippen LogP contribution in [0.2, 0.25) is 0 Å². The Balaban J connectivity index is 2.03. The van der Waals surface area contributed by atoms with E-state index in [1.54, 1.807) is 6.07 Å². The van der Waals surface area contributed by atoms with Crippen LogP contribution in [0.15, 0.2) is 48.5 Å². The summed E-state index contributed by atoms with van der Waals surface area (Å²) in [5.74, 6) is 0. The summed E-state index contributed by atoms with van der Waals surface area (Å²) in [6.45, 7) is 5.88. The number of amides is 1. The fraction of sp³-hybridized carbons (Fsp3) is 0.263. The molecule has 2 rings (SSSR count). The standard InChI is InChI=1S/C19H20N2O2/c1-19(2,3)23-18(22)21-13-14-8-10-15(11-9-14)17-7-5-4-6-16(17)12-20/h4-11H,13H2,1-3H3,(H,21,22). The van der Waals surface area contributed by atoms with Gasteiger partial charge in [0.15, 0.2) is 0 Å². The Bertz CT molecular complexity index is 722. The van der Waals surface area contributed by atoms with Crippen LogP contribution in [0.25, 0.3) is 11.1 Å². The van der Waals surface area contributed by atoms with Gasteiger partial charge in [0.25, 0.3) is 0 Å². The number of hydrogen-bond donors (Lipinski definition) is 1. The van der Waals surface area contributed by atoms with Crippen molar-refractivity contribution < 1.29 is 9.53 Å². The molecule has 0 fully saturated rings. The Labute approximate surface area is 136 Å². The minimum atomic E-state index is -0.505. The van der Waals surface area contributed by atoms with Crippen LogP contribution in [-0.2, 0) is 11.3 Å². The number of alkyl carbamates (subject to hydrolysis) is 1. The lowest BCUT2D eigenvalue weighted by Gasteiger charge is -2.19. The lowest BCUT2D eigenvalue weighted by molar-refractivity contribution is 0.0523. The van der Waals surface area contributed by atoms with Gasteiger partial charge in [0.05, 0.1) is 11.6 Å². The maximum atomic E-state index is 11.6. The van der Waals surface area contributed by atoms with Crippen molar-refractivity contribution in [3.8, 4) is 17.2 Å². The third-order valence-electron chi connectivity index (χ3n) is 3.15. The van der Waals surface area contributed by atoms with Crippen LogP contribution in [0.3, 0.4) is 0 Å². The molecule has 0 saturated heterocycles. The third-order valence-corrected chi connectivity index (χ3v) is 3.15. The maximum Gasteiger partial charge on any atom is 0.407 e. The summed E-state index contributed by atoms with van der Waals surface area (Å²) in [7, 11) is 0. The first kappa shape index (κ1) is 16.6. The predicted molar refractivity (Wildman–Crippen MR) is 89.7 cm³/mol. The van der Waals surface area contributed by atoms with Gasteiger partial charge in [-0.05, 0) is 43.5 Å². The molecule has 118 valence electrons. The molecule has 0 aliphatic carbocycles. The molecule has 0 aromatic heterocycles. The van der Waals surface area contributed by atoms with Gasteiger partial charge in [-0.25, -0.2) is 4.79 Å². The van der Waals surface area contributed by atoms with Gasteiger partial charge in [-0.3, -0.25) is 0 Å². The minimum Gasteiger partial charge on any atom is -0.444 e. The Hall–Kier alpha value is -2.80. The summed E-state index contributed by atoms with van der Waals surface area (Å²) in [4.78, 5) is 11.6. The van der Waals surface area contributed by atoms with Crippen LogP contribution in [0, 0.1) is 11.3 Å². The summed E-state index contributed by atoms with van der Waals surface area (Å²) in [6, 6.07) is 17.4. The number of nitrogens with one attached hydrogen (secondary N) is 1. The average Bonchev–Trinajstić information content (AvgIpc) is 2.52. The van der Waals surface area contributed by atoms with Gasteiger partial charge in [0, 0.05) is 6.54 Å². The number of carbonyl (C=O) groups is 1. The molecule has 4 heteroatoms. The number of hydrogen-bond acceptors (Lipinski definition) is 3. The molecule has 0 bridgehead atoms. The molecule has 0 aliphatic heterocycles. The molecule has 4 nitrogen and oxygen atoms in total. The van der Waals surface area contributed by atoms with E-state index in [-0.39, 0.29) is 0 Å². The topological polar surface area (TPSA) is 62.1 Å². The molecule has 0 aliphatic rings. The molecule has 0 saturated carbocycles. The number of benzene rings is 2. The monoisotopic (exact) mass is 308 g/mol. The summed E-state index contributed by atoms with van der Waals surface area (Å²) in [5.41, 5.74) is 2.99. The van der Waals surface area contributed by atoms with E-state index < -0.39 is 11.7 Å². The second-order valence-electron chi connectivity index (χ2n) is 6.21. The molecular formula is C19H20N2O2. The molecule has 2 aromatic carbocycles. The summed E-state index contributed by atoms with van der Waals surface area (Å²) >= 11 is 0. The predicted octanol–water partition coefficient (Wildman–Crippen LogP) is 4.25. The van der Waals surface area contributed by atoms with E-state index in [1.165, 1.54) is 0 Å². The fourth-order valence-corrected chi connectivity index (χ4v) is 2.12. The van der Waals surface area contributed by atoms with Crippen LogP contribution < -0.4 is 5.32 Å². The van der Waals surface area contributed by atoms with Crippen molar-refractivity contribution in [1.29, 1.82) is 5.26 Å². The molecule has 0 atom stereocenters. The highest BCUT2D eigenvalue weighted by atomic mass is 16.6. The third kappa shape index (κ3) is 4.86. The summed E-state index contributed by atoms with van der Waals surface area (Å²) in [5, 5.41) is 11.9. The normalized spacial score (nSPS) is 10.7. The first-order chi connectivity index (χ1) is 10.9. The van der Waals surface area contributed by atoms with Gasteiger partial charge in [-0.15, -0.1) is 0 Å². The lowest BCUT2D eigenvalue weighted by atomic mass is 9.99. The smallest absolute Gasteiger partial charge is 0.407 e. The van der Waals surface area contributed by atoms with Crippen molar-refractivity contribution in [2.45, 2.75) is 32.9 Å². The average molecular weight is 308 g/mol. The van der Waals surface area contributed by atoms with Gasteiger partial charge in [0.1, 0.15) is 5.60 Å².